The van der Waals surface area contributed by atoms with Crippen LogP contribution in [0.15, 0.2) is 0 Å². The monoisotopic (exact) mass is 235 g/mol. The summed E-state index contributed by atoms with van der Waals surface area (Å²) in [6.45, 7) is 3.19. The van der Waals surface area contributed by atoms with E-state index in [4.69, 9.17) is 5.26 Å². The number of ether oxygens (including phenoxy) is 1. The molecule has 1 unspecified atom stereocenters. The Morgan fingerprint density at radius 3 is 2.58 bits per heavy atom. The summed E-state index contributed by atoms with van der Waals surface area (Å²) in [5.74, 6) is -0.874. The van der Waals surface area contributed by atoms with Crippen molar-refractivity contribution in [2.45, 2.75) is 18.7 Å². The van der Waals surface area contributed by atoms with E-state index in [2.05, 4.69) is 4.74 Å². The predicted molar refractivity (Wildman–Crippen MR) is 42.4 cm³/mol. The molecule has 4 nitrogen and oxygen atoms in total. The summed E-state index contributed by atoms with van der Waals surface area (Å²) in [6.07, 6.45) is 0. The topological polar surface area (TPSA) is 67.2 Å². The third kappa shape index (κ3) is 3.51. The molecule has 0 bridgehead atoms. The Labute approximate surface area is 77.0 Å². The minimum atomic E-state index is -0.845. The fraction of sp³-hybridized carbons (Fsp3) is 0.571. The van der Waals surface area contributed by atoms with E-state index in [-0.39, 0.29) is 12.4 Å². The third-order valence-electron chi connectivity index (χ3n) is 1.04. The summed E-state index contributed by atoms with van der Waals surface area (Å²) in [6, 6.07) is 0. The van der Waals surface area contributed by atoms with Gasteiger partial charge in [-0.25, -0.2) is 0 Å². The average Bonchev–Trinajstić information content (AvgIpc) is 1.99. The molecule has 0 aromatic carbocycles. The van der Waals surface area contributed by atoms with Crippen LogP contribution in [0.4, 0.5) is 0 Å². The Balaban J connectivity index is 4.21. The molecular formula is C7H9NO3Se. The van der Waals surface area contributed by atoms with Crippen molar-refractivity contribution >= 4 is 26.7 Å². The molecule has 0 aromatic rings. The van der Waals surface area contributed by atoms with E-state index >= 15 is 0 Å². The van der Waals surface area contributed by atoms with Gasteiger partial charge in [0, 0.05) is 0 Å². The molecule has 1 atom stereocenters. The van der Waals surface area contributed by atoms with Crippen LogP contribution >= 0.6 is 0 Å². The normalized spacial score (nSPS) is 11.4. The first-order chi connectivity index (χ1) is 5.63. The van der Waals surface area contributed by atoms with Crippen molar-refractivity contribution in [3.63, 3.8) is 0 Å². The molecule has 0 saturated carbocycles. The van der Waals surface area contributed by atoms with Crippen LogP contribution in [0.5, 0.6) is 0 Å². The van der Waals surface area contributed by atoms with Gasteiger partial charge in [0.05, 0.1) is 0 Å². The molecule has 0 spiro atoms. The number of nitrogens with zero attached hydrogens (tertiary/aromatic N) is 1. The van der Waals surface area contributed by atoms with Gasteiger partial charge < -0.3 is 0 Å². The molecule has 0 heterocycles. The molecule has 12 heavy (non-hydrogen) atoms. The Morgan fingerprint density at radius 1 is 1.67 bits per heavy atom. The number of hydrogen-bond acceptors (Lipinski definition) is 4. The second-order valence-corrected chi connectivity index (χ2v) is 3.82. The number of nitriles is 1. The SMILES string of the molecule is CCOC(=O)C([Se]C#N)C(C)=O. The van der Waals surface area contributed by atoms with Crippen molar-refractivity contribution in [1.29, 1.82) is 5.26 Å². The molecule has 0 amide bonds. The van der Waals surface area contributed by atoms with Gasteiger partial charge in [0.15, 0.2) is 0 Å². The number of ketones is 1. The molecule has 0 radical (unpaired) electrons. The summed E-state index contributed by atoms with van der Waals surface area (Å²) in [7, 11) is 0. The number of hydrogen-bond donors (Lipinski definition) is 0. The van der Waals surface area contributed by atoms with Gasteiger partial charge in [-0.3, -0.25) is 0 Å². The maximum absolute atomic E-state index is 11.0. The van der Waals surface area contributed by atoms with Crippen molar-refractivity contribution in [2.24, 2.45) is 0 Å². The zero-order valence-corrected chi connectivity index (χ0v) is 8.58. The fourth-order valence-electron chi connectivity index (χ4n) is 0.568. The van der Waals surface area contributed by atoms with Crippen LogP contribution in [0.1, 0.15) is 13.8 Å². The summed E-state index contributed by atoms with van der Waals surface area (Å²) in [4.78, 5) is 22.8. The van der Waals surface area contributed by atoms with Crippen LogP contribution < -0.4 is 0 Å². The van der Waals surface area contributed by atoms with Crippen LogP contribution in [0.2, 0.25) is 4.82 Å². The number of carbonyl (C=O) groups excluding carboxylic acids is 2. The van der Waals surface area contributed by atoms with E-state index in [0.717, 1.165) is 0 Å². The van der Waals surface area contributed by atoms with Gasteiger partial charge in [0.2, 0.25) is 0 Å². The average molecular weight is 234 g/mol. The molecule has 5 heteroatoms. The summed E-state index contributed by atoms with van der Waals surface area (Å²) in [5, 5.41) is 8.32. The van der Waals surface area contributed by atoms with E-state index in [1.807, 2.05) is 4.97 Å². The van der Waals surface area contributed by atoms with Crippen molar-refractivity contribution in [1.82, 2.24) is 0 Å². The van der Waals surface area contributed by atoms with Crippen LogP contribution in [0.25, 0.3) is 0 Å². The van der Waals surface area contributed by atoms with Crippen LogP contribution in [-0.4, -0.2) is 33.3 Å². The Kier molecular flexibility index (Phi) is 5.35. The fourth-order valence-corrected chi connectivity index (χ4v) is 1.48. The summed E-state index contributed by atoms with van der Waals surface area (Å²) in [5.41, 5.74) is 0. The second kappa shape index (κ2) is 5.76. The van der Waals surface area contributed by atoms with Crippen molar-refractivity contribution < 1.29 is 14.3 Å². The second-order valence-electron chi connectivity index (χ2n) is 1.95. The Bertz CT molecular complexity index is 221. The Hall–Kier alpha value is -0.851. The quantitative estimate of drug-likeness (QED) is 0.393. The van der Waals surface area contributed by atoms with Crippen LogP contribution in [-0.2, 0) is 14.3 Å². The molecule has 0 N–H and O–H groups in total. The van der Waals surface area contributed by atoms with Crippen molar-refractivity contribution in [3.8, 4) is 4.97 Å². The van der Waals surface area contributed by atoms with E-state index in [9.17, 15) is 9.59 Å². The van der Waals surface area contributed by atoms with E-state index in [1.54, 1.807) is 6.92 Å². The first kappa shape index (κ1) is 11.1. The molecule has 0 aliphatic carbocycles. The molecular weight excluding hydrogens is 225 g/mol. The molecule has 66 valence electrons. The molecule has 0 rings (SSSR count). The first-order valence-corrected chi connectivity index (χ1v) is 5.19. The van der Waals surface area contributed by atoms with Gasteiger partial charge in [-0.2, -0.15) is 0 Å². The minimum absolute atomic E-state index is 0.240. The number of esters is 1. The molecule has 0 aliphatic rings. The number of Topliss-reactive ketones (excluding diaryl/α,β-unsaturated/α-hetero) is 1. The van der Waals surface area contributed by atoms with Crippen molar-refractivity contribution in [2.75, 3.05) is 6.61 Å². The van der Waals surface area contributed by atoms with Crippen molar-refractivity contribution in [3.05, 3.63) is 0 Å². The zero-order valence-electron chi connectivity index (χ0n) is 6.86. The van der Waals surface area contributed by atoms with Gasteiger partial charge in [0.25, 0.3) is 0 Å². The van der Waals surface area contributed by atoms with E-state index in [1.165, 1.54) is 6.92 Å². The maximum atomic E-state index is 11.0. The third-order valence-corrected chi connectivity index (χ3v) is 2.86. The molecule has 0 aromatic heterocycles. The predicted octanol–water partition coefficient (Wildman–Crippen LogP) is 0.112. The van der Waals surface area contributed by atoms with Gasteiger partial charge in [-0.1, -0.05) is 0 Å². The molecule has 0 saturated heterocycles. The van der Waals surface area contributed by atoms with Gasteiger partial charge in [-0.15, -0.1) is 0 Å². The summed E-state index contributed by atoms with van der Waals surface area (Å²) >= 11 is -0.641. The van der Waals surface area contributed by atoms with Gasteiger partial charge in [-0.05, 0) is 0 Å². The standard InChI is InChI=1S/C7H9NO3Se/c1-3-11-7(10)6(5(2)9)12-4-8/h6H,3H2,1-2H3. The van der Waals surface area contributed by atoms with Gasteiger partial charge in [0.1, 0.15) is 0 Å². The van der Waals surface area contributed by atoms with Gasteiger partial charge >= 0.3 is 76.5 Å². The van der Waals surface area contributed by atoms with Crippen LogP contribution in [0.3, 0.4) is 0 Å². The Morgan fingerprint density at radius 2 is 2.25 bits per heavy atom. The molecule has 0 aliphatic heterocycles. The van der Waals surface area contributed by atoms with E-state index < -0.39 is 25.7 Å². The summed E-state index contributed by atoms with van der Waals surface area (Å²) < 4.78 is 4.62. The van der Waals surface area contributed by atoms with E-state index in [0.29, 0.717) is 0 Å². The van der Waals surface area contributed by atoms with Crippen LogP contribution in [0, 0.1) is 10.2 Å². The first-order valence-electron chi connectivity index (χ1n) is 3.35. The number of carbonyl (C=O) groups is 2. The number of rotatable bonds is 4. The zero-order chi connectivity index (χ0) is 9.56. The molecule has 0 fully saturated rings.